The lowest BCUT2D eigenvalue weighted by Crippen LogP contribution is -2.55. The summed E-state index contributed by atoms with van der Waals surface area (Å²) in [6, 6.07) is -0.662. The van der Waals surface area contributed by atoms with Gasteiger partial charge in [0.25, 0.3) is 0 Å². The first-order valence-electron chi connectivity index (χ1n) is 18.8. The number of hydrogen-bond acceptors (Lipinski definition) is 8. The van der Waals surface area contributed by atoms with E-state index in [2.05, 4.69) is 10.1 Å². The van der Waals surface area contributed by atoms with Gasteiger partial charge < -0.3 is 15.3 Å². The number of nitrogens with zero attached hydrogens (tertiary/aromatic N) is 2. The number of primary sulfonamides is 1. The zero-order valence-electron chi connectivity index (χ0n) is 29.8. The molecule has 5 unspecified atom stereocenters. The van der Waals surface area contributed by atoms with Crippen LogP contribution < -0.4 is 15.3 Å². The summed E-state index contributed by atoms with van der Waals surface area (Å²) in [6.07, 6.45) is 12.3. The van der Waals surface area contributed by atoms with Crippen LogP contribution in [0.2, 0.25) is 0 Å². The molecule has 12 nitrogen and oxygen atoms in total. The number of sulfonamides is 2. The molecular formula is C34H65N5O7S2. The van der Waals surface area contributed by atoms with Crippen molar-refractivity contribution in [2.45, 2.75) is 159 Å². The first-order valence-corrected chi connectivity index (χ1v) is 22.0. The third kappa shape index (κ3) is 12.8. The van der Waals surface area contributed by atoms with Crippen LogP contribution in [-0.2, 0) is 29.6 Å². The minimum atomic E-state index is -4.00. The van der Waals surface area contributed by atoms with Crippen molar-refractivity contribution in [3.63, 3.8) is 0 Å². The summed E-state index contributed by atoms with van der Waals surface area (Å²) in [5, 5.41) is 20.5. The first-order chi connectivity index (χ1) is 22.8. The van der Waals surface area contributed by atoms with Crippen LogP contribution in [0.15, 0.2) is 0 Å². The van der Waals surface area contributed by atoms with Crippen LogP contribution >= 0.6 is 0 Å². The third-order valence-corrected chi connectivity index (χ3v) is 13.9. The van der Waals surface area contributed by atoms with Crippen molar-refractivity contribution in [2.75, 3.05) is 26.2 Å². The standard InChI is InChI=1S/C34H65N5O7S2/c1-4-7-20-39(37-48(45,46)29-16-12-9-13-17-29)25-32(40)31(21-26-14-10-8-11-15-26)36-33(41)27-22-28(24-30(23-27)47(35,43)44)34(42)38(18-5-2)19-6-3/h26-32,37,40H,4-25H2,1-3H3,(H,36,41)(H2,35,43,44). The normalized spacial score (nSPS) is 24.7. The van der Waals surface area contributed by atoms with Gasteiger partial charge in [0.1, 0.15) is 0 Å². The van der Waals surface area contributed by atoms with Crippen LogP contribution in [0.3, 0.4) is 0 Å². The molecule has 0 heterocycles. The van der Waals surface area contributed by atoms with Crippen molar-refractivity contribution in [3.8, 4) is 0 Å². The number of carbonyl (C=O) groups is 2. The summed E-state index contributed by atoms with van der Waals surface area (Å²) in [4.78, 5) is 32.2. The fourth-order valence-electron chi connectivity index (χ4n) is 7.98. The van der Waals surface area contributed by atoms with E-state index in [1.807, 2.05) is 20.8 Å². The molecule has 0 aromatic carbocycles. The van der Waals surface area contributed by atoms with E-state index in [-0.39, 0.29) is 37.6 Å². The van der Waals surface area contributed by atoms with Crippen molar-refractivity contribution in [2.24, 2.45) is 22.9 Å². The highest BCUT2D eigenvalue weighted by atomic mass is 32.2. The van der Waals surface area contributed by atoms with Gasteiger partial charge in [0.15, 0.2) is 0 Å². The van der Waals surface area contributed by atoms with Crippen LogP contribution in [0.25, 0.3) is 0 Å². The fourth-order valence-corrected chi connectivity index (χ4v) is 10.6. The van der Waals surface area contributed by atoms with Gasteiger partial charge in [-0.1, -0.05) is 78.6 Å². The summed E-state index contributed by atoms with van der Waals surface area (Å²) in [6.45, 7) is 7.57. The molecule has 0 aromatic rings. The van der Waals surface area contributed by atoms with E-state index < -0.39 is 54.5 Å². The predicted octanol–water partition coefficient (Wildman–Crippen LogP) is 3.79. The molecule has 0 aromatic heterocycles. The molecule has 2 amide bonds. The summed E-state index contributed by atoms with van der Waals surface area (Å²) in [5.74, 6) is -1.63. The first kappa shape index (κ1) is 41.1. The molecule has 3 aliphatic rings. The van der Waals surface area contributed by atoms with Crippen LogP contribution in [-0.4, -0.2) is 92.5 Å². The van der Waals surface area contributed by atoms with E-state index in [0.29, 0.717) is 44.8 Å². The van der Waals surface area contributed by atoms with Crippen molar-refractivity contribution >= 4 is 31.9 Å². The molecule has 3 fully saturated rings. The third-order valence-electron chi connectivity index (χ3n) is 10.7. The van der Waals surface area contributed by atoms with E-state index in [9.17, 15) is 31.5 Å². The van der Waals surface area contributed by atoms with Crippen LogP contribution in [0, 0.1) is 17.8 Å². The maximum absolute atomic E-state index is 14.0. The predicted molar refractivity (Wildman–Crippen MR) is 189 cm³/mol. The number of hydrazine groups is 1. The SMILES string of the molecule is CCCCN(CC(O)C(CC1CCCCC1)NC(=O)C1CC(C(=O)N(CCC)CCC)CC(S(N)(=O)=O)C1)NS(=O)(=O)C1CCCCC1. The monoisotopic (exact) mass is 719 g/mol. The lowest BCUT2D eigenvalue weighted by molar-refractivity contribution is -0.138. The molecular weight excluding hydrogens is 655 g/mol. The smallest absolute Gasteiger partial charge is 0.227 e. The van der Waals surface area contributed by atoms with Crippen molar-refractivity contribution in [1.29, 1.82) is 0 Å². The topological polar surface area (TPSA) is 179 Å². The lowest BCUT2D eigenvalue weighted by atomic mass is 9.79. The maximum Gasteiger partial charge on any atom is 0.227 e. The lowest BCUT2D eigenvalue weighted by Gasteiger charge is -2.37. The number of hydrogen-bond donors (Lipinski definition) is 4. The second-order valence-electron chi connectivity index (χ2n) is 14.8. The van der Waals surface area contributed by atoms with Gasteiger partial charge in [0.2, 0.25) is 31.9 Å². The molecule has 0 bridgehead atoms. The Balaban J connectivity index is 1.81. The number of aliphatic hydroxyl groups excluding tert-OH is 1. The average Bonchev–Trinajstić information content (AvgIpc) is 3.06. The number of unbranched alkanes of at least 4 members (excludes halogenated alkanes) is 1. The van der Waals surface area contributed by atoms with Gasteiger partial charge in [-0.05, 0) is 63.7 Å². The van der Waals surface area contributed by atoms with Crippen LogP contribution in [0.5, 0.6) is 0 Å². The zero-order chi connectivity index (χ0) is 35.3. The Hall–Kier alpha value is -1.32. The van der Waals surface area contributed by atoms with Crippen molar-refractivity contribution < 1.29 is 31.5 Å². The molecule has 3 rings (SSSR count). The van der Waals surface area contributed by atoms with Gasteiger partial charge >= 0.3 is 0 Å². The molecule has 5 N–H and O–H groups in total. The van der Waals surface area contributed by atoms with Crippen LogP contribution in [0.1, 0.15) is 136 Å². The zero-order valence-corrected chi connectivity index (χ0v) is 31.4. The van der Waals surface area contributed by atoms with Crippen molar-refractivity contribution in [3.05, 3.63) is 0 Å². The second kappa shape index (κ2) is 19.9. The molecule has 0 aliphatic heterocycles. The maximum atomic E-state index is 14.0. The molecule has 5 atom stereocenters. The van der Waals surface area contributed by atoms with E-state index in [1.54, 1.807) is 9.91 Å². The summed E-state index contributed by atoms with van der Waals surface area (Å²) in [5.41, 5.74) is 0. The summed E-state index contributed by atoms with van der Waals surface area (Å²) in [7, 11) is -7.63. The number of carbonyl (C=O) groups excluding carboxylic acids is 2. The van der Waals surface area contributed by atoms with E-state index in [0.717, 1.165) is 77.0 Å². The molecule has 0 spiro atoms. The number of amides is 2. The Bertz CT molecular complexity index is 1200. The number of nitrogens with two attached hydrogens (primary N) is 1. The number of aliphatic hydroxyl groups is 1. The molecule has 0 radical (unpaired) electrons. The minimum Gasteiger partial charge on any atom is -0.390 e. The second-order valence-corrected chi connectivity index (χ2v) is 18.5. The van der Waals surface area contributed by atoms with Gasteiger partial charge in [0.05, 0.1) is 22.6 Å². The van der Waals surface area contributed by atoms with Gasteiger partial charge in [-0.15, -0.1) is 4.83 Å². The Morgan fingerprint density at radius 2 is 1.38 bits per heavy atom. The average molecular weight is 720 g/mol. The molecule has 48 heavy (non-hydrogen) atoms. The Morgan fingerprint density at radius 1 is 0.792 bits per heavy atom. The fraction of sp³-hybridized carbons (Fsp3) is 0.941. The Morgan fingerprint density at radius 3 is 1.94 bits per heavy atom. The molecule has 3 saturated carbocycles. The van der Waals surface area contributed by atoms with Crippen molar-refractivity contribution in [1.82, 2.24) is 20.1 Å². The molecule has 3 aliphatic carbocycles. The largest absolute Gasteiger partial charge is 0.390 e. The van der Waals surface area contributed by atoms with Gasteiger partial charge in [0, 0.05) is 38.0 Å². The van der Waals surface area contributed by atoms with Gasteiger partial charge in [-0.3, -0.25) is 9.59 Å². The highest BCUT2D eigenvalue weighted by Crippen LogP contribution is 2.35. The highest BCUT2D eigenvalue weighted by molar-refractivity contribution is 7.90. The molecule has 14 heteroatoms. The number of rotatable bonds is 19. The van der Waals surface area contributed by atoms with Gasteiger partial charge in [-0.2, -0.15) is 0 Å². The van der Waals surface area contributed by atoms with Gasteiger partial charge in [-0.25, -0.2) is 27.0 Å². The molecule has 0 saturated heterocycles. The summed E-state index contributed by atoms with van der Waals surface area (Å²) >= 11 is 0. The summed E-state index contributed by atoms with van der Waals surface area (Å²) < 4.78 is 51.9. The van der Waals surface area contributed by atoms with E-state index in [4.69, 9.17) is 5.14 Å². The Labute approximate surface area is 290 Å². The highest BCUT2D eigenvalue weighted by Gasteiger charge is 2.42. The number of nitrogens with one attached hydrogen (secondary N) is 2. The minimum absolute atomic E-state index is 0.0121. The van der Waals surface area contributed by atoms with E-state index in [1.165, 1.54) is 0 Å². The Kier molecular flexibility index (Phi) is 17.0. The molecule has 280 valence electrons. The van der Waals surface area contributed by atoms with E-state index >= 15 is 0 Å². The quantitative estimate of drug-likeness (QED) is 0.146. The van der Waals surface area contributed by atoms with Crippen LogP contribution in [0.4, 0.5) is 0 Å².